The van der Waals surface area contributed by atoms with E-state index >= 15 is 0 Å². The van der Waals surface area contributed by atoms with E-state index in [0.29, 0.717) is 11.4 Å². The largest absolute Gasteiger partial charge is 0.497 e. The lowest BCUT2D eigenvalue weighted by Gasteiger charge is -2.17. The minimum atomic E-state index is -0.857. The van der Waals surface area contributed by atoms with Crippen molar-refractivity contribution in [2.75, 3.05) is 23.9 Å². The quantitative estimate of drug-likeness (QED) is 0.926. The highest BCUT2D eigenvalue weighted by Crippen LogP contribution is 2.28. The number of hydrogen-bond acceptors (Lipinski definition) is 3. The highest BCUT2D eigenvalue weighted by atomic mass is 19.1. The van der Waals surface area contributed by atoms with Gasteiger partial charge in [0.15, 0.2) is 0 Å². The number of carbonyl (C=O) groups is 2. The second-order valence-electron chi connectivity index (χ2n) is 5.69. The molecule has 5 nitrogen and oxygen atoms in total. The van der Waals surface area contributed by atoms with E-state index in [0.717, 1.165) is 12.1 Å². The average Bonchev–Trinajstić information content (AvgIpc) is 3.00. The van der Waals surface area contributed by atoms with Crippen molar-refractivity contribution in [3.63, 3.8) is 0 Å². The van der Waals surface area contributed by atoms with Gasteiger partial charge in [-0.15, -0.1) is 0 Å². The highest BCUT2D eigenvalue weighted by Gasteiger charge is 2.35. The molecule has 1 fully saturated rings. The molecule has 0 aromatic heterocycles. The fraction of sp³-hybridized carbons (Fsp3) is 0.222. The minimum absolute atomic E-state index is 0.0199. The van der Waals surface area contributed by atoms with E-state index in [4.69, 9.17) is 4.74 Å². The molecule has 1 heterocycles. The van der Waals surface area contributed by atoms with Gasteiger partial charge in [-0.05, 0) is 36.4 Å². The maximum atomic E-state index is 13.6. The van der Waals surface area contributed by atoms with Crippen LogP contribution in [0.3, 0.4) is 0 Å². The van der Waals surface area contributed by atoms with Gasteiger partial charge in [0.1, 0.15) is 23.1 Å². The molecule has 0 spiro atoms. The Hall–Kier alpha value is -2.96. The van der Waals surface area contributed by atoms with Crippen LogP contribution < -0.4 is 15.0 Å². The van der Waals surface area contributed by atoms with Gasteiger partial charge in [-0.2, -0.15) is 0 Å². The molecule has 1 unspecified atom stereocenters. The van der Waals surface area contributed by atoms with Crippen LogP contribution in [-0.2, 0) is 9.59 Å². The second-order valence-corrected chi connectivity index (χ2v) is 5.69. The number of rotatable bonds is 4. The molecule has 0 bridgehead atoms. The molecular formula is C18H16F2N2O3. The zero-order chi connectivity index (χ0) is 18.0. The van der Waals surface area contributed by atoms with Gasteiger partial charge in [0, 0.05) is 18.7 Å². The van der Waals surface area contributed by atoms with Gasteiger partial charge in [-0.1, -0.05) is 6.07 Å². The molecule has 25 heavy (non-hydrogen) atoms. The van der Waals surface area contributed by atoms with Crippen LogP contribution in [0.1, 0.15) is 6.42 Å². The summed E-state index contributed by atoms with van der Waals surface area (Å²) >= 11 is 0. The van der Waals surface area contributed by atoms with E-state index in [-0.39, 0.29) is 18.9 Å². The molecule has 1 atom stereocenters. The summed E-state index contributed by atoms with van der Waals surface area (Å²) in [5.41, 5.74) is 0.140. The summed E-state index contributed by atoms with van der Waals surface area (Å²) in [4.78, 5) is 26.0. The highest BCUT2D eigenvalue weighted by molar-refractivity contribution is 6.03. The topological polar surface area (TPSA) is 58.6 Å². The SMILES string of the molecule is COc1ccc(N2CC(C(=O)Nc3c(F)cccc3F)CC2=O)cc1. The number of carbonyl (C=O) groups excluding carboxylic acids is 2. The Morgan fingerprint density at radius 1 is 1.16 bits per heavy atom. The van der Waals surface area contributed by atoms with E-state index in [9.17, 15) is 18.4 Å². The van der Waals surface area contributed by atoms with E-state index in [1.807, 2.05) is 0 Å². The number of nitrogens with one attached hydrogen (secondary N) is 1. The maximum Gasteiger partial charge on any atom is 0.229 e. The third-order valence-electron chi connectivity index (χ3n) is 4.09. The minimum Gasteiger partial charge on any atom is -0.497 e. The second kappa shape index (κ2) is 6.88. The number of amides is 2. The monoisotopic (exact) mass is 346 g/mol. The first-order valence-electron chi connectivity index (χ1n) is 7.69. The van der Waals surface area contributed by atoms with Gasteiger partial charge in [-0.25, -0.2) is 8.78 Å². The molecule has 130 valence electrons. The fourth-order valence-corrected chi connectivity index (χ4v) is 2.74. The van der Waals surface area contributed by atoms with Crippen molar-refractivity contribution in [2.24, 2.45) is 5.92 Å². The number of halogens is 2. The third-order valence-corrected chi connectivity index (χ3v) is 4.09. The summed E-state index contributed by atoms with van der Waals surface area (Å²) in [6.45, 7) is 0.146. The van der Waals surface area contributed by atoms with Crippen LogP contribution >= 0.6 is 0 Å². The summed E-state index contributed by atoms with van der Waals surface area (Å²) in [6, 6.07) is 10.2. The lowest BCUT2D eigenvalue weighted by molar-refractivity contribution is -0.122. The van der Waals surface area contributed by atoms with E-state index in [1.54, 1.807) is 24.3 Å². The Morgan fingerprint density at radius 3 is 2.40 bits per heavy atom. The van der Waals surface area contributed by atoms with Crippen LogP contribution in [0.5, 0.6) is 5.75 Å². The molecule has 0 aliphatic carbocycles. The van der Waals surface area contributed by atoms with Crippen LogP contribution in [0.15, 0.2) is 42.5 Å². The van der Waals surface area contributed by atoms with Crippen molar-refractivity contribution in [1.82, 2.24) is 0 Å². The summed E-state index contributed by atoms with van der Waals surface area (Å²) in [5, 5.41) is 2.24. The van der Waals surface area contributed by atoms with Gasteiger partial charge < -0.3 is 15.0 Å². The normalized spacial score (nSPS) is 16.8. The first-order valence-corrected chi connectivity index (χ1v) is 7.69. The molecule has 7 heteroatoms. The maximum absolute atomic E-state index is 13.6. The van der Waals surface area contributed by atoms with E-state index in [1.165, 1.54) is 18.1 Å². The molecule has 2 aromatic carbocycles. The van der Waals surface area contributed by atoms with Gasteiger partial charge >= 0.3 is 0 Å². The number of benzene rings is 2. The number of para-hydroxylation sites is 1. The number of ether oxygens (including phenoxy) is 1. The summed E-state index contributed by atoms with van der Waals surface area (Å²) in [5.74, 6) is -2.56. The molecule has 1 aliphatic heterocycles. The molecule has 2 aromatic rings. The molecule has 3 rings (SSSR count). The van der Waals surface area contributed by atoms with E-state index < -0.39 is 29.1 Å². The van der Waals surface area contributed by atoms with Crippen LogP contribution in [0.2, 0.25) is 0 Å². The molecular weight excluding hydrogens is 330 g/mol. The van der Waals surface area contributed by atoms with Crippen molar-refractivity contribution in [2.45, 2.75) is 6.42 Å². The lowest BCUT2D eigenvalue weighted by atomic mass is 10.1. The van der Waals surface area contributed by atoms with Crippen LogP contribution in [0.25, 0.3) is 0 Å². The Bertz CT molecular complexity index is 788. The van der Waals surface area contributed by atoms with Crippen LogP contribution in [0.4, 0.5) is 20.2 Å². The number of methoxy groups -OCH3 is 1. The van der Waals surface area contributed by atoms with Gasteiger partial charge in [0.25, 0.3) is 0 Å². The summed E-state index contributed by atoms with van der Waals surface area (Å²) in [6.07, 6.45) is -0.0199. The Labute approximate surface area is 143 Å². The van der Waals surface area contributed by atoms with Gasteiger partial charge in [0.2, 0.25) is 11.8 Å². The van der Waals surface area contributed by atoms with Crippen molar-refractivity contribution in [1.29, 1.82) is 0 Å². The Kier molecular flexibility index (Phi) is 4.65. The Balaban J connectivity index is 1.72. The van der Waals surface area contributed by atoms with Crippen molar-refractivity contribution in [3.05, 3.63) is 54.1 Å². The fourth-order valence-electron chi connectivity index (χ4n) is 2.74. The molecule has 0 saturated carbocycles. The van der Waals surface area contributed by atoms with Gasteiger partial charge in [-0.3, -0.25) is 9.59 Å². The number of nitrogens with zero attached hydrogens (tertiary/aromatic N) is 1. The summed E-state index contributed by atoms with van der Waals surface area (Å²) < 4.78 is 32.4. The van der Waals surface area contributed by atoms with Crippen LogP contribution in [0, 0.1) is 17.6 Å². The summed E-state index contributed by atoms with van der Waals surface area (Å²) in [7, 11) is 1.54. The Morgan fingerprint density at radius 2 is 1.80 bits per heavy atom. The molecule has 0 radical (unpaired) electrons. The van der Waals surface area contributed by atoms with E-state index in [2.05, 4.69) is 5.32 Å². The average molecular weight is 346 g/mol. The third kappa shape index (κ3) is 3.45. The van der Waals surface area contributed by atoms with Crippen molar-refractivity contribution in [3.8, 4) is 5.75 Å². The predicted octanol–water partition coefficient (Wildman–Crippen LogP) is 2.97. The van der Waals surface area contributed by atoms with Crippen molar-refractivity contribution >= 4 is 23.2 Å². The number of anilines is 2. The van der Waals surface area contributed by atoms with Gasteiger partial charge in [0.05, 0.1) is 13.0 Å². The molecule has 1 N–H and O–H groups in total. The molecule has 1 aliphatic rings. The lowest BCUT2D eigenvalue weighted by Crippen LogP contribution is -2.28. The van der Waals surface area contributed by atoms with Crippen LogP contribution in [-0.4, -0.2) is 25.5 Å². The zero-order valence-electron chi connectivity index (χ0n) is 13.5. The van der Waals surface area contributed by atoms with Crippen molar-refractivity contribution < 1.29 is 23.1 Å². The zero-order valence-corrected chi connectivity index (χ0v) is 13.5. The molecule has 2 amide bonds. The first-order chi connectivity index (χ1) is 12.0. The first kappa shape index (κ1) is 16.9. The standard InChI is InChI=1S/C18H16F2N2O3/c1-25-13-7-5-12(6-8-13)22-10-11(9-16(22)23)18(24)21-17-14(19)3-2-4-15(17)20/h2-8,11H,9-10H2,1H3,(H,21,24). The molecule has 1 saturated heterocycles. The smallest absolute Gasteiger partial charge is 0.229 e. The number of hydrogen-bond donors (Lipinski definition) is 1. The predicted molar refractivity (Wildman–Crippen MR) is 88.4 cm³/mol.